The minimum absolute atomic E-state index is 0.143. The second-order valence-electron chi connectivity index (χ2n) is 8.51. The van der Waals surface area contributed by atoms with Gasteiger partial charge < -0.3 is 14.4 Å². The second-order valence-corrected chi connectivity index (χ2v) is 8.51. The fraction of sp³-hybridized carbons (Fsp3) is 0.944. The van der Waals surface area contributed by atoms with Crippen LogP contribution in [0.5, 0.6) is 0 Å². The number of piperidine rings is 1. The second kappa shape index (κ2) is 6.60. The van der Waals surface area contributed by atoms with Crippen LogP contribution in [0.25, 0.3) is 0 Å². The van der Waals surface area contributed by atoms with Crippen molar-refractivity contribution >= 4 is 6.09 Å². The molecule has 3 fully saturated rings. The van der Waals surface area contributed by atoms with Crippen molar-refractivity contribution < 1.29 is 14.3 Å². The first-order chi connectivity index (χ1) is 10.9. The minimum Gasteiger partial charge on any atom is -0.444 e. The quantitative estimate of drug-likeness (QED) is 0.744. The number of hydrogen-bond donors (Lipinski definition) is 0. The first-order valence-electron chi connectivity index (χ1n) is 9.17. The third-order valence-electron chi connectivity index (χ3n) is 5.71. The van der Waals surface area contributed by atoms with Crippen LogP contribution in [0.4, 0.5) is 4.79 Å². The average molecular weight is 324 g/mol. The highest BCUT2D eigenvalue weighted by Gasteiger charge is 2.44. The van der Waals surface area contributed by atoms with Gasteiger partial charge in [-0.15, -0.1) is 0 Å². The van der Waals surface area contributed by atoms with Gasteiger partial charge in [-0.25, -0.2) is 4.79 Å². The van der Waals surface area contributed by atoms with Gasteiger partial charge in [0.05, 0.1) is 13.2 Å². The van der Waals surface area contributed by atoms with Crippen molar-refractivity contribution in [2.75, 3.05) is 39.4 Å². The number of morpholine rings is 1. The van der Waals surface area contributed by atoms with E-state index >= 15 is 0 Å². The smallest absolute Gasteiger partial charge is 0.410 e. The van der Waals surface area contributed by atoms with Crippen molar-refractivity contribution in [1.82, 2.24) is 9.80 Å². The van der Waals surface area contributed by atoms with Crippen molar-refractivity contribution in [3.05, 3.63) is 0 Å². The van der Waals surface area contributed by atoms with E-state index in [9.17, 15) is 4.79 Å². The SMILES string of the molecule is CC(C)(C)OC(=O)N1CCC2(CCC(N3CCOCC3)C2)CC1. The van der Waals surface area contributed by atoms with Gasteiger partial charge in [-0.3, -0.25) is 4.90 Å². The highest BCUT2D eigenvalue weighted by molar-refractivity contribution is 5.68. The molecule has 2 heterocycles. The van der Waals surface area contributed by atoms with Gasteiger partial charge >= 0.3 is 6.09 Å². The highest BCUT2D eigenvalue weighted by Crippen LogP contribution is 2.47. The molecule has 3 aliphatic rings. The van der Waals surface area contributed by atoms with Crippen molar-refractivity contribution in [3.63, 3.8) is 0 Å². The maximum atomic E-state index is 12.2. The van der Waals surface area contributed by atoms with Gasteiger partial charge in [0, 0.05) is 32.2 Å². The number of rotatable bonds is 1. The Hall–Kier alpha value is -0.810. The predicted octanol–water partition coefficient (Wildman–Crippen LogP) is 2.89. The number of carbonyl (C=O) groups excluding carboxylic acids is 1. The van der Waals surface area contributed by atoms with E-state index in [1.807, 2.05) is 25.7 Å². The van der Waals surface area contributed by atoms with Gasteiger partial charge in [0.2, 0.25) is 0 Å². The highest BCUT2D eigenvalue weighted by atomic mass is 16.6. The average Bonchev–Trinajstić information content (AvgIpc) is 2.91. The van der Waals surface area contributed by atoms with Gasteiger partial charge in [-0.2, -0.15) is 0 Å². The van der Waals surface area contributed by atoms with Gasteiger partial charge in [0.15, 0.2) is 0 Å². The maximum absolute atomic E-state index is 12.2. The molecular formula is C18H32N2O3. The number of amides is 1. The van der Waals surface area contributed by atoms with Crippen LogP contribution >= 0.6 is 0 Å². The number of nitrogens with zero attached hydrogens (tertiary/aromatic N) is 2. The largest absolute Gasteiger partial charge is 0.444 e. The van der Waals surface area contributed by atoms with Crippen LogP contribution in [0.1, 0.15) is 52.9 Å². The van der Waals surface area contributed by atoms with Crippen LogP contribution in [0, 0.1) is 5.41 Å². The summed E-state index contributed by atoms with van der Waals surface area (Å²) in [5, 5.41) is 0. The number of likely N-dealkylation sites (tertiary alicyclic amines) is 1. The Bertz CT molecular complexity index is 418. The molecule has 0 aromatic carbocycles. The third-order valence-corrected chi connectivity index (χ3v) is 5.71. The summed E-state index contributed by atoms with van der Waals surface area (Å²) in [7, 11) is 0. The van der Waals surface area contributed by atoms with E-state index in [0.717, 1.165) is 58.3 Å². The number of carbonyl (C=O) groups is 1. The molecule has 0 N–H and O–H groups in total. The number of hydrogen-bond acceptors (Lipinski definition) is 4. The Labute approximate surface area is 140 Å². The molecule has 3 rings (SSSR count). The zero-order chi connectivity index (χ0) is 16.5. The summed E-state index contributed by atoms with van der Waals surface area (Å²) in [6.07, 6.45) is 6.05. The van der Waals surface area contributed by atoms with Gasteiger partial charge in [0.1, 0.15) is 5.60 Å². The topological polar surface area (TPSA) is 42.0 Å². The van der Waals surface area contributed by atoms with E-state index < -0.39 is 5.60 Å². The van der Waals surface area contributed by atoms with Crippen LogP contribution in [0.2, 0.25) is 0 Å². The number of ether oxygens (including phenoxy) is 2. The molecule has 5 heteroatoms. The Balaban J connectivity index is 1.49. The van der Waals surface area contributed by atoms with E-state index in [0.29, 0.717) is 5.41 Å². The zero-order valence-electron chi connectivity index (χ0n) is 15.0. The summed E-state index contributed by atoms with van der Waals surface area (Å²) in [6, 6.07) is 0.729. The Morgan fingerprint density at radius 2 is 1.74 bits per heavy atom. The van der Waals surface area contributed by atoms with Crippen molar-refractivity contribution in [3.8, 4) is 0 Å². The van der Waals surface area contributed by atoms with E-state index in [1.54, 1.807) is 0 Å². The van der Waals surface area contributed by atoms with Gasteiger partial charge in [-0.1, -0.05) is 0 Å². The molecule has 0 aromatic heterocycles. The van der Waals surface area contributed by atoms with Crippen LogP contribution in [-0.4, -0.2) is 66.9 Å². The monoisotopic (exact) mass is 324 g/mol. The van der Waals surface area contributed by atoms with Crippen molar-refractivity contribution in [2.45, 2.75) is 64.5 Å². The summed E-state index contributed by atoms with van der Waals surface area (Å²) >= 11 is 0. The van der Waals surface area contributed by atoms with Gasteiger partial charge in [-0.05, 0) is 58.3 Å². The molecule has 1 aliphatic carbocycles. The van der Waals surface area contributed by atoms with Crippen LogP contribution in [0.15, 0.2) is 0 Å². The van der Waals surface area contributed by atoms with Crippen LogP contribution < -0.4 is 0 Å². The van der Waals surface area contributed by atoms with E-state index in [1.165, 1.54) is 19.3 Å². The van der Waals surface area contributed by atoms with E-state index in [4.69, 9.17) is 9.47 Å². The fourth-order valence-electron chi connectivity index (χ4n) is 4.38. The normalized spacial score (nSPS) is 29.0. The summed E-state index contributed by atoms with van der Waals surface area (Å²) in [4.78, 5) is 16.7. The summed E-state index contributed by atoms with van der Waals surface area (Å²) in [6.45, 7) is 11.4. The predicted molar refractivity (Wildman–Crippen MR) is 89.5 cm³/mol. The standard InChI is InChI=1S/C18H32N2O3/c1-17(2,3)23-16(21)20-8-6-18(7-9-20)5-4-15(14-18)19-10-12-22-13-11-19/h15H,4-14H2,1-3H3. The molecule has 1 saturated carbocycles. The van der Waals surface area contributed by atoms with Crippen molar-refractivity contribution in [1.29, 1.82) is 0 Å². The van der Waals surface area contributed by atoms with E-state index in [-0.39, 0.29) is 6.09 Å². The lowest BCUT2D eigenvalue weighted by atomic mass is 9.77. The van der Waals surface area contributed by atoms with Crippen LogP contribution in [-0.2, 0) is 9.47 Å². The molecule has 1 unspecified atom stereocenters. The molecule has 132 valence electrons. The molecule has 5 nitrogen and oxygen atoms in total. The summed E-state index contributed by atoms with van der Waals surface area (Å²) in [5.74, 6) is 0. The molecular weight excluding hydrogens is 292 g/mol. The zero-order valence-corrected chi connectivity index (χ0v) is 15.0. The first-order valence-corrected chi connectivity index (χ1v) is 9.17. The molecule has 1 amide bonds. The van der Waals surface area contributed by atoms with Crippen LogP contribution in [0.3, 0.4) is 0 Å². The summed E-state index contributed by atoms with van der Waals surface area (Å²) < 4.78 is 11.0. The lowest BCUT2D eigenvalue weighted by molar-refractivity contribution is 0.00345. The first kappa shape index (κ1) is 17.0. The molecule has 0 radical (unpaired) electrons. The lowest BCUT2D eigenvalue weighted by Gasteiger charge is -2.40. The lowest BCUT2D eigenvalue weighted by Crippen LogP contribution is -2.46. The van der Waals surface area contributed by atoms with E-state index in [2.05, 4.69) is 4.90 Å². The third kappa shape index (κ3) is 4.18. The van der Waals surface area contributed by atoms with Gasteiger partial charge in [0.25, 0.3) is 0 Å². The summed E-state index contributed by atoms with van der Waals surface area (Å²) in [5.41, 5.74) is 0.0580. The Morgan fingerprint density at radius 1 is 1.09 bits per heavy atom. The molecule has 0 aromatic rings. The Morgan fingerprint density at radius 3 is 2.35 bits per heavy atom. The molecule has 23 heavy (non-hydrogen) atoms. The maximum Gasteiger partial charge on any atom is 0.410 e. The molecule has 2 aliphatic heterocycles. The molecule has 1 spiro atoms. The molecule has 2 saturated heterocycles. The molecule has 0 bridgehead atoms. The minimum atomic E-state index is -0.402. The Kier molecular flexibility index (Phi) is 4.88. The molecule has 1 atom stereocenters. The van der Waals surface area contributed by atoms with Crippen molar-refractivity contribution in [2.24, 2.45) is 5.41 Å². The fourth-order valence-corrected chi connectivity index (χ4v) is 4.38.